The van der Waals surface area contributed by atoms with E-state index in [9.17, 15) is 9.59 Å². The lowest BCUT2D eigenvalue weighted by Gasteiger charge is -2.16. The average molecular weight is 483 g/mol. The van der Waals surface area contributed by atoms with Crippen molar-refractivity contribution in [2.24, 2.45) is 11.8 Å². The summed E-state index contributed by atoms with van der Waals surface area (Å²) >= 11 is 0. The Labute approximate surface area is 202 Å². The third-order valence-electron chi connectivity index (χ3n) is 5.89. The molecule has 0 unspecified atom stereocenters. The minimum atomic E-state index is -0.117. The van der Waals surface area contributed by atoms with Crippen molar-refractivity contribution in [3.63, 3.8) is 0 Å². The summed E-state index contributed by atoms with van der Waals surface area (Å²) in [5.41, 5.74) is 2.41. The van der Waals surface area contributed by atoms with Gasteiger partial charge < -0.3 is 20.1 Å². The Hall–Kier alpha value is -2.12. The average Bonchev–Trinajstić information content (AvgIpc) is 3.50. The summed E-state index contributed by atoms with van der Waals surface area (Å²) in [7, 11) is 2.89. The smallest absolute Gasteiger partial charge is 0.310 e. The highest BCUT2D eigenvalue weighted by molar-refractivity contribution is 5.85. The molecule has 0 radical (unpaired) electrons. The van der Waals surface area contributed by atoms with Crippen molar-refractivity contribution in [2.45, 2.75) is 11.8 Å². The normalized spacial score (nSPS) is 23.6. The number of rotatable bonds is 4. The van der Waals surface area contributed by atoms with Crippen molar-refractivity contribution in [3.05, 3.63) is 71.8 Å². The molecule has 4 atom stereocenters. The van der Waals surface area contributed by atoms with Crippen molar-refractivity contribution >= 4 is 36.8 Å². The fraction of sp³-hybridized carbons (Fsp3) is 0.417. The fourth-order valence-electron chi connectivity index (χ4n) is 4.26. The van der Waals surface area contributed by atoms with Gasteiger partial charge in [0.25, 0.3) is 0 Å². The molecule has 2 aromatic rings. The summed E-state index contributed by atoms with van der Waals surface area (Å²) in [4.78, 5) is 23.1. The molecule has 6 nitrogen and oxygen atoms in total. The predicted molar refractivity (Wildman–Crippen MR) is 130 cm³/mol. The van der Waals surface area contributed by atoms with Crippen LogP contribution in [0.25, 0.3) is 0 Å². The maximum absolute atomic E-state index is 11.5. The number of nitrogens with one attached hydrogen (secondary N) is 2. The van der Waals surface area contributed by atoms with E-state index >= 15 is 0 Å². The molecule has 2 saturated heterocycles. The molecule has 2 aromatic carbocycles. The molecule has 0 amide bonds. The molecule has 2 aliphatic rings. The molecular formula is C24H32Cl2N2O4. The zero-order chi connectivity index (χ0) is 21.3. The van der Waals surface area contributed by atoms with Crippen molar-refractivity contribution in [1.82, 2.24) is 10.6 Å². The van der Waals surface area contributed by atoms with E-state index < -0.39 is 0 Å². The third-order valence-corrected chi connectivity index (χ3v) is 5.89. The summed E-state index contributed by atoms with van der Waals surface area (Å²) in [5, 5.41) is 6.47. The highest BCUT2D eigenvalue weighted by Gasteiger charge is 2.35. The van der Waals surface area contributed by atoms with Crippen molar-refractivity contribution in [3.8, 4) is 0 Å². The molecule has 8 heteroatoms. The van der Waals surface area contributed by atoms with Gasteiger partial charge in [0.05, 0.1) is 26.1 Å². The van der Waals surface area contributed by atoms with Crippen LogP contribution in [0, 0.1) is 11.8 Å². The van der Waals surface area contributed by atoms with Gasteiger partial charge in [-0.05, 0) is 11.1 Å². The van der Waals surface area contributed by atoms with Crippen LogP contribution in [-0.4, -0.2) is 52.3 Å². The zero-order valence-corrected chi connectivity index (χ0v) is 20.0. The summed E-state index contributed by atoms with van der Waals surface area (Å²) in [6.07, 6.45) is 0. The van der Waals surface area contributed by atoms with E-state index in [1.165, 1.54) is 25.3 Å². The lowest BCUT2D eigenvalue weighted by Crippen LogP contribution is -2.22. The van der Waals surface area contributed by atoms with E-state index in [2.05, 4.69) is 34.9 Å². The van der Waals surface area contributed by atoms with Gasteiger partial charge in [-0.3, -0.25) is 9.59 Å². The van der Waals surface area contributed by atoms with Gasteiger partial charge in [-0.2, -0.15) is 0 Å². The predicted octanol–water partition coefficient (Wildman–Crippen LogP) is 3.17. The Balaban J connectivity index is 0.000000301. The third kappa shape index (κ3) is 6.94. The number of halogens is 2. The summed E-state index contributed by atoms with van der Waals surface area (Å²) in [5.74, 6) is 0.176. The quantitative estimate of drug-likeness (QED) is 0.651. The number of methoxy groups -OCH3 is 2. The summed E-state index contributed by atoms with van der Waals surface area (Å²) in [6, 6.07) is 20.2. The van der Waals surface area contributed by atoms with Crippen LogP contribution in [0.15, 0.2) is 60.7 Å². The molecule has 4 rings (SSSR count). The maximum Gasteiger partial charge on any atom is 0.310 e. The van der Waals surface area contributed by atoms with E-state index in [1.807, 2.05) is 36.4 Å². The number of hydrogen-bond acceptors (Lipinski definition) is 6. The topological polar surface area (TPSA) is 76.7 Å². The second-order valence-electron chi connectivity index (χ2n) is 7.61. The maximum atomic E-state index is 11.5. The second-order valence-corrected chi connectivity index (χ2v) is 7.61. The van der Waals surface area contributed by atoms with Gasteiger partial charge >= 0.3 is 11.9 Å². The van der Waals surface area contributed by atoms with Gasteiger partial charge in [0.15, 0.2) is 0 Å². The number of hydrogen-bond donors (Lipinski definition) is 2. The number of ether oxygens (including phenoxy) is 2. The first-order valence-electron chi connectivity index (χ1n) is 10.3. The molecule has 176 valence electrons. The van der Waals surface area contributed by atoms with Crippen molar-refractivity contribution < 1.29 is 19.1 Å². The van der Waals surface area contributed by atoms with E-state index in [-0.39, 0.29) is 60.4 Å². The minimum Gasteiger partial charge on any atom is -0.469 e. The van der Waals surface area contributed by atoms with Crippen LogP contribution in [-0.2, 0) is 19.1 Å². The lowest BCUT2D eigenvalue weighted by molar-refractivity contribution is -0.146. The van der Waals surface area contributed by atoms with E-state index in [0.717, 1.165) is 13.1 Å². The van der Waals surface area contributed by atoms with E-state index in [1.54, 1.807) is 0 Å². The van der Waals surface area contributed by atoms with Gasteiger partial charge in [0.2, 0.25) is 0 Å². The first-order valence-corrected chi connectivity index (χ1v) is 10.3. The standard InChI is InChI=1S/2C12H15NO2.2ClH/c2*1-15-12(14)11-8-13-7-10(11)9-5-3-2-4-6-9;;/h2*2-6,10-11,13H,7-8H2,1H3;2*1H/t2*10-,11+;;/m10../s1. The molecule has 2 N–H and O–H groups in total. The first-order chi connectivity index (χ1) is 14.7. The second kappa shape index (κ2) is 14.1. The van der Waals surface area contributed by atoms with Gasteiger partial charge in [0, 0.05) is 38.0 Å². The Morgan fingerprint density at radius 1 is 0.656 bits per heavy atom. The van der Waals surface area contributed by atoms with Crippen molar-refractivity contribution in [1.29, 1.82) is 0 Å². The fourth-order valence-corrected chi connectivity index (χ4v) is 4.26. The van der Waals surface area contributed by atoms with Crippen LogP contribution in [0.2, 0.25) is 0 Å². The van der Waals surface area contributed by atoms with Crippen molar-refractivity contribution in [2.75, 3.05) is 40.4 Å². The number of carbonyl (C=O) groups excluding carboxylic acids is 2. The largest absolute Gasteiger partial charge is 0.469 e. The Morgan fingerprint density at radius 3 is 1.31 bits per heavy atom. The Bertz CT molecular complexity index is 754. The van der Waals surface area contributed by atoms with Crippen LogP contribution in [0.5, 0.6) is 0 Å². The van der Waals surface area contributed by atoms with Crippen LogP contribution >= 0.6 is 24.8 Å². The SMILES string of the molecule is COC(=O)[C@@H]1CNC[C@H]1c1ccccc1.COC(=O)[C@H]1CNC[C@@H]1c1ccccc1.Cl.Cl. The molecule has 0 aliphatic carbocycles. The first kappa shape index (κ1) is 27.9. The van der Waals surface area contributed by atoms with Crippen LogP contribution in [0.1, 0.15) is 23.0 Å². The lowest BCUT2D eigenvalue weighted by atomic mass is 9.89. The highest BCUT2D eigenvalue weighted by atomic mass is 35.5. The molecule has 32 heavy (non-hydrogen) atoms. The molecular weight excluding hydrogens is 451 g/mol. The van der Waals surface area contributed by atoms with Crippen LogP contribution in [0.3, 0.4) is 0 Å². The van der Waals surface area contributed by atoms with Gasteiger partial charge in [0.1, 0.15) is 0 Å². The number of carbonyl (C=O) groups is 2. The van der Waals surface area contributed by atoms with Gasteiger partial charge in [-0.15, -0.1) is 24.8 Å². The molecule has 0 bridgehead atoms. The highest BCUT2D eigenvalue weighted by Crippen LogP contribution is 2.29. The molecule has 2 heterocycles. The van der Waals surface area contributed by atoms with Crippen LogP contribution in [0.4, 0.5) is 0 Å². The number of benzene rings is 2. The Morgan fingerprint density at radius 2 is 1.00 bits per heavy atom. The van der Waals surface area contributed by atoms with Crippen LogP contribution < -0.4 is 10.6 Å². The van der Waals surface area contributed by atoms with E-state index in [4.69, 9.17) is 9.47 Å². The summed E-state index contributed by atoms with van der Waals surface area (Å²) < 4.78 is 9.61. The zero-order valence-electron chi connectivity index (χ0n) is 18.4. The number of esters is 2. The minimum absolute atomic E-state index is 0. The molecule has 0 spiro atoms. The molecule has 0 aromatic heterocycles. The molecule has 2 aliphatic heterocycles. The van der Waals surface area contributed by atoms with E-state index in [0.29, 0.717) is 13.1 Å². The van der Waals surface area contributed by atoms with Gasteiger partial charge in [-0.25, -0.2) is 0 Å². The Kier molecular flexibility index (Phi) is 12.3. The molecule has 0 saturated carbocycles. The monoisotopic (exact) mass is 482 g/mol. The van der Waals surface area contributed by atoms with Gasteiger partial charge in [-0.1, -0.05) is 60.7 Å². The molecule has 2 fully saturated rings. The summed E-state index contributed by atoms with van der Waals surface area (Å²) in [6.45, 7) is 3.13.